The number of nitrogens with zero attached hydrogens (tertiary/aromatic N) is 1. The normalized spacial score (nSPS) is 13.0. The number of sulfonamides is 1. The molecule has 0 aliphatic carbocycles. The third kappa shape index (κ3) is 3.22. The minimum absolute atomic E-state index is 0.0821. The van der Waals surface area contributed by atoms with Gasteiger partial charge in [-0.3, -0.25) is 4.31 Å². The first-order valence-corrected chi connectivity index (χ1v) is 7.79. The summed E-state index contributed by atoms with van der Waals surface area (Å²) in [5.41, 5.74) is 0.872. The zero-order chi connectivity index (χ0) is 15.6. The first kappa shape index (κ1) is 15.5. The van der Waals surface area contributed by atoms with Crippen molar-refractivity contribution in [3.05, 3.63) is 59.9 Å². The van der Waals surface area contributed by atoms with E-state index in [1.54, 1.807) is 19.1 Å². The summed E-state index contributed by atoms with van der Waals surface area (Å²) >= 11 is 0. The molecule has 112 valence electrons. The van der Waals surface area contributed by atoms with Gasteiger partial charge in [0, 0.05) is 7.05 Å². The van der Waals surface area contributed by atoms with E-state index in [2.05, 4.69) is 0 Å². The van der Waals surface area contributed by atoms with Crippen LogP contribution in [-0.4, -0.2) is 20.6 Å². The predicted molar refractivity (Wildman–Crippen MR) is 79.1 cm³/mol. The fourth-order valence-electron chi connectivity index (χ4n) is 1.89. The van der Waals surface area contributed by atoms with E-state index in [0.717, 1.165) is 10.4 Å². The van der Waals surface area contributed by atoms with Gasteiger partial charge in [-0.1, -0.05) is 18.2 Å². The van der Waals surface area contributed by atoms with Gasteiger partial charge in [0.15, 0.2) is 0 Å². The molecule has 0 saturated carbocycles. The first-order valence-electron chi connectivity index (χ1n) is 6.35. The Kier molecular flexibility index (Phi) is 4.29. The van der Waals surface area contributed by atoms with Crippen LogP contribution in [0.25, 0.3) is 0 Å². The molecule has 0 aliphatic heterocycles. The van der Waals surface area contributed by atoms with Gasteiger partial charge in [0.2, 0.25) is 0 Å². The molecule has 21 heavy (non-hydrogen) atoms. The van der Waals surface area contributed by atoms with Crippen molar-refractivity contribution in [2.45, 2.75) is 17.9 Å². The molecule has 0 fully saturated rings. The van der Waals surface area contributed by atoms with Crippen molar-refractivity contribution in [2.24, 2.45) is 0 Å². The van der Waals surface area contributed by atoms with Gasteiger partial charge in [-0.2, -0.15) is 0 Å². The number of halogens is 1. The van der Waals surface area contributed by atoms with Crippen molar-refractivity contribution in [2.75, 3.05) is 11.4 Å². The third-order valence-electron chi connectivity index (χ3n) is 3.19. The highest BCUT2D eigenvalue weighted by Crippen LogP contribution is 2.23. The summed E-state index contributed by atoms with van der Waals surface area (Å²) in [7, 11) is -2.40. The van der Waals surface area contributed by atoms with Crippen molar-refractivity contribution >= 4 is 15.7 Å². The van der Waals surface area contributed by atoms with Crippen molar-refractivity contribution < 1.29 is 17.9 Å². The number of anilines is 1. The average molecular weight is 309 g/mol. The molecular weight excluding hydrogens is 293 g/mol. The van der Waals surface area contributed by atoms with E-state index in [0.29, 0.717) is 5.56 Å². The molecule has 0 amide bonds. The van der Waals surface area contributed by atoms with Crippen LogP contribution < -0.4 is 4.31 Å². The summed E-state index contributed by atoms with van der Waals surface area (Å²) in [6, 6.07) is 11.3. The monoisotopic (exact) mass is 309 g/mol. The molecule has 4 nitrogen and oxygen atoms in total. The number of hydrogen-bond donors (Lipinski definition) is 1. The lowest BCUT2D eigenvalue weighted by molar-refractivity contribution is 0.199. The molecule has 0 heterocycles. The van der Waals surface area contributed by atoms with Crippen molar-refractivity contribution in [1.82, 2.24) is 0 Å². The predicted octanol–water partition coefficient (Wildman–Crippen LogP) is 2.70. The zero-order valence-corrected chi connectivity index (χ0v) is 12.5. The molecule has 2 aromatic carbocycles. The van der Waals surface area contributed by atoms with Gasteiger partial charge in [-0.05, 0) is 42.8 Å². The number of aliphatic hydroxyl groups is 1. The van der Waals surface area contributed by atoms with Crippen LogP contribution >= 0.6 is 0 Å². The maximum Gasteiger partial charge on any atom is 0.264 e. The molecule has 0 aromatic heterocycles. The Morgan fingerprint density at radius 1 is 1.14 bits per heavy atom. The number of benzene rings is 2. The summed E-state index contributed by atoms with van der Waals surface area (Å²) < 4.78 is 39.2. The van der Waals surface area contributed by atoms with Crippen LogP contribution in [0.5, 0.6) is 0 Å². The van der Waals surface area contributed by atoms with Crippen molar-refractivity contribution in [3.8, 4) is 0 Å². The molecular formula is C15H16FNO3S. The number of hydrogen-bond acceptors (Lipinski definition) is 3. The fourth-order valence-corrected chi connectivity index (χ4v) is 3.07. The molecule has 2 aromatic rings. The van der Waals surface area contributed by atoms with Gasteiger partial charge >= 0.3 is 0 Å². The van der Waals surface area contributed by atoms with Gasteiger partial charge in [0.25, 0.3) is 10.0 Å². The van der Waals surface area contributed by atoms with E-state index in [-0.39, 0.29) is 10.6 Å². The first-order chi connectivity index (χ1) is 9.82. The SMILES string of the molecule is CC(O)c1ccc(S(=O)(=O)N(C)c2cccc(F)c2)cc1. The fraction of sp³-hybridized carbons (Fsp3) is 0.200. The lowest BCUT2D eigenvalue weighted by Gasteiger charge is -2.19. The second kappa shape index (κ2) is 5.83. The van der Waals surface area contributed by atoms with E-state index in [9.17, 15) is 17.9 Å². The summed E-state index contributed by atoms with van der Waals surface area (Å²) in [5.74, 6) is -0.501. The minimum atomic E-state index is -3.77. The summed E-state index contributed by atoms with van der Waals surface area (Å²) in [6.07, 6.45) is -0.664. The molecule has 0 spiro atoms. The van der Waals surface area contributed by atoms with E-state index >= 15 is 0 Å². The minimum Gasteiger partial charge on any atom is -0.389 e. The summed E-state index contributed by atoms with van der Waals surface area (Å²) in [6.45, 7) is 1.60. The molecule has 0 bridgehead atoms. The third-order valence-corrected chi connectivity index (χ3v) is 4.99. The second-order valence-corrected chi connectivity index (χ2v) is 6.67. The molecule has 0 aliphatic rings. The molecule has 0 radical (unpaired) electrons. The number of rotatable bonds is 4. The highest BCUT2D eigenvalue weighted by Gasteiger charge is 2.21. The molecule has 2 rings (SSSR count). The lowest BCUT2D eigenvalue weighted by Crippen LogP contribution is -2.26. The second-order valence-electron chi connectivity index (χ2n) is 4.70. The molecule has 0 saturated heterocycles. The molecule has 1 N–H and O–H groups in total. The van der Waals surface area contributed by atoms with Crippen LogP contribution in [0.2, 0.25) is 0 Å². The van der Waals surface area contributed by atoms with E-state index in [1.807, 2.05) is 0 Å². The Labute approximate surface area is 123 Å². The Bertz CT molecular complexity index is 727. The Morgan fingerprint density at radius 2 is 1.76 bits per heavy atom. The van der Waals surface area contributed by atoms with Crippen LogP contribution in [0.15, 0.2) is 53.4 Å². The van der Waals surface area contributed by atoms with Crippen LogP contribution in [0.4, 0.5) is 10.1 Å². The Hall–Kier alpha value is -1.92. The van der Waals surface area contributed by atoms with Crippen molar-refractivity contribution in [1.29, 1.82) is 0 Å². The Morgan fingerprint density at radius 3 is 2.29 bits per heavy atom. The van der Waals surface area contributed by atoms with E-state index < -0.39 is 21.9 Å². The van der Waals surface area contributed by atoms with Crippen LogP contribution in [-0.2, 0) is 10.0 Å². The standard InChI is InChI=1S/C15H16FNO3S/c1-11(18)12-6-8-15(9-7-12)21(19,20)17(2)14-5-3-4-13(16)10-14/h3-11,18H,1-2H3. The number of aliphatic hydroxyl groups excluding tert-OH is 1. The maximum atomic E-state index is 13.2. The van der Waals surface area contributed by atoms with Crippen LogP contribution in [0, 0.1) is 5.82 Å². The Balaban J connectivity index is 2.37. The van der Waals surface area contributed by atoms with E-state index in [4.69, 9.17) is 0 Å². The quantitative estimate of drug-likeness (QED) is 0.944. The van der Waals surface area contributed by atoms with E-state index in [1.165, 1.54) is 37.4 Å². The highest BCUT2D eigenvalue weighted by atomic mass is 32.2. The molecule has 1 unspecified atom stereocenters. The van der Waals surface area contributed by atoms with Crippen LogP contribution in [0.1, 0.15) is 18.6 Å². The van der Waals surface area contributed by atoms with Gasteiger partial charge < -0.3 is 5.11 Å². The zero-order valence-electron chi connectivity index (χ0n) is 11.7. The van der Waals surface area contributed by atoms with Gasteiger partial charge in [-0.15, -0.1) is 0 Å². The van der Waals surface area contributed by atoms with Crippen LogP contribution in [0.3, 0.4) is 0 Å². The largest absolute Gasteiger partial charge is 0.389 e. The lowest BCUT2D eigenvalue weighted by atomic mass is 10.1. The molecule has 6 heteroatoms. The molecule has 1 atom stereocenters. The van der Waals surface area contributed by atoms with Gasteiger partial charge in [-0.25, -0.2) is 12.8 Å². The summed E-state index contributed by atoms with van der Waals surface area (Å²) in [4.78, 5) is 0.0821. The maximum absolute atomic E-state index is 13.2. The van der Waals surface area contributed by atoms with Gasteiger partial charge in [0.05, 0.1) is 16.7 Å². The van der Waals surface area contributed by atoms with Crippen molar-refractivity contribution in [3.63, 3.8) is 0 Å². The highest BCUT2D eigenvalue weighted by molar-refractivity contribution is 7.92. The topological polar surface area (TPSA) is 57.6 Å². The smallest absolute Gasteiger partial charge is 0.264 e. The van der Waals surface area contributed by atoms with Gasteiger partial charge in [0.1, 0.15) is 5.82 Å². The summed E-state index contributed by atoms with van der Waals surface area (Å²) in [5, 5.41) is 9.43. The average Bonchev–Trinajstić information content (AvgIpc) is 2.46.